The van der Waals surface area contributed by atoms with E-state index in [0.29, 0.717) is 21.8 Å². The van der Waals surface area contributed by atoms with E-state index in [-0.39, 0.29) is 24.6 Å². The molecule has 0 spiro atoms. The van der Waals surface area contributed by atoms with E-state index in [1.807, 2.05) is 0 Å². The van der Waals surface area contributed by atoms with Gasteiger partial charge in [0.2, 0.25) is 5.91 Å². The Morgan fingerprint density at radius 1 is 0.969 bits per heavy atom. The van der Waals surface area contributed by atoms with Gasteiger partial charge in [0, 0.05) is 17.5 Å². The molecule has 1 aromatic heterocycles. The van der Waals surface area contributed by atoms with E-state index in [2.05, 4.69) is 15.0 Å². The Labute approximate surface area is 182 Å². The van der Waals surface area contributed by atoms with Crippen molar-refractivity contribution in [3.05, 3.63) is 70.7 Å². The number of nitrogens with one attached hydrogen (secondary N) is 1. The quantitative estimate of drug-likeness (QED) is 0.452. The zero-order valence-electron chi connectivity index (χ0n) is 16.3. The monoisotopic (exact) mass is 474 g/mol. The third-order valence-electron chi connectivity index (χ3n) is 4.17. The molecule has 1 N–H and O–H groups in total. The van der Waals surface area contributed by atoms with E-state index in [9.17, 15) is 31.1 Å². The minimum Gasteiger partial charge on any atom is -0.484 e. The van der Waals surface area contributed by atoms with E-state index in [0.717, 1.165) is 12.1 Å². The average Bonchev–Trinajstić information content (AvgIpc) is 3.19. The molecule has 0 bridgehead atoms. The highest BCUT2D eigenvalue weighted by molar-refractivity contribution is 7.13. The van der Waals surface area contributed by atoms with Crippen LogP contribution in [-0.4, -0.2) is 23.7 Å². The Kier molecular flexibility index (Phi) is 7.07. The summed E-state index contributed by atoms with van der Waals surface area (Å²) in [6, 6.07) is 10.4. The van der Waals surface area contributed by atoms with E-state index in [4.69, 9.17) is 0 Å². The van der Waals surface area contributed by atoms with Gasteiger partial charge in [-0.25, -0.2) is 4.98 Å². The summed E-state index contributed by atoms with van der Waals surface area (Å²) in [6.45, 7) is -1.22. The Balaban J connectivity index is 1.50. The number of amides is 1. The van der Waals surface area contributed by atoms with E-state index in [1.54, 1.807) is 5.38 Å². The highest BCUT2D eigenvalue weighted by Gasteiger charge is 2.30. The first-order chi connectivity index (χ1) is 15.0. The van der Waals surface area contributed by atoms with Crippen molar-refractivity contribution < 1.29 is 35.9 Å². The normalized spacial score (nSPS) is 11.9. The number of ether oxygens (including phenoxy) is 1. The van der Waals surface area contributed by atoms with Crippen molar-refractivity contribution >= 4 is 17.2 Å². The molecule has 0 aliphatic carbocycles. The fourth-order valence-electron chi connectivity index (χ4n) is 2.62. The second-order valence-corrected chi connectivity index (χ2v) is 7.58. The second-order valence-electron chi connectivity index (χ2n) is 6.72. The number of halogens is 6. The summed E-state index contributed by atoms with van der Waals surface area (Å²) in [6.07, 6.45) is -8.86. The minimum atomic E-state index is -4.42. The zero-order valence-corrected chi connectivity index (χ0v) is 17.1. The highest BCUT2D eigenvalue weighted by Crippen LogP contribution is 2.31. The number of thiazole rings is 1. The molecule has 170 valence electrons. The zero-order chi connectivity index (χ0) is 23.4. The van der Waals surface area contributed by atoms with E-state index in [1.165, 1.54) is 47.7 Å². The van der Waals surface area contributed by atoms with Gasteiger partial charge in [-0.2, -0.15) is 26.3 Å². The fourth-order valence-corrected chi connectivity index (χ4v) is 3.44. The predicted octanol–water partition coefficient (Wildman–Crippen LogP) is 5.63. The third-order valence-corrected chi connectivity index (χ3v) is 5.11. The lowest BCUT2D eigenvalue weighted by Gasteiger charge is -2.10. The molecule has 0 fully saturated rings. The van der Waals surface area contributed by atoms with Crippen LogP contribution in [0.1, 0.15) is 16.8 Å². The Hall–Kier alpha value is -3.08. The molecule has 0 atom stereocenters. The predicted molar refractivity (Wildman–Crippen MR) is 106 cm³/mol. The van der Waals surface area contributed by atoms with Gasteiger partial charge in [0.05, 0.1) is 17.7 Å². The number of carbonyl (C=O) groups is 1. The number of aromatic nitrogens is 1. The van der Waals surface area contributed by atoms with Gasteiger partial charge in [-0.15, -0.1) is 11.3 Å². The second kappa shape index (κ2) is 9.60. The van der Waals surface area contributed by atoms with Gasteiger partial charge in [0.15, 0.2) is 6.61 Å². The number of hydrogen-bond acceptors (Lipinski definition) is 4. The lowest BCUT2D eigenvalue weighted by molar-refractivity contribution is -0.153. The largest absolute Gasteiger partial charge is 0.484 e. The lowest BCUT2D eigenvalue weighted by Crippen LogP contribution is -2.24. The van der Waals surface area contributed by atoms with Crippen molar-refractivity contribution in [2.45, 2.75) is 25.3 Å². The van der Waals surface area contributed by atoms with Crippen LogP contribution in [0.5, 0.6) is 5.75 Å². The highest BCUT2D eigenvalue weighted by atomic mass is 32.1. The average molecular weight is 474 g/mol. The minimum absolute atomic E-state index is 0.0239. The van der Waals surface area contributed by atoms with Crippen molar-refractivity contribution in [2.75, 3.05) is 6.61 Å². The molecule has 3 aromatic rings. The van der Waals surface area contributed by atoms with Crippen LogP contribution in [0.15, 0.2) is 53.9 Å². The van der Waals surface area contributed by atoms with Gasteiger partial charge in [-0.05, 0) is 29.8 Å². The molecule has 0 aliphatic heterocycles. The van der Waals surface area contributed by atoms with Crippen molar-refractivity contribution in [3.63, 3.8) is 0 Å². The van der Waals surface area contributed by atoms with Crippen molar-refractivity contribution in [2.24, 2.45) is 0 Å². The first-order valence-electron chi connectivity index (χ1n) is 9.17. The van der Waals surface area contributed by atoms with Crippen LogP contribution in [0.4, 0.5) is 26.3 Å². The van der Waals surface area contributed by atoms with E-state index < -0.39 is 24.5 Å². The number of carbonyl (C=O) groups excluding carboxylic acids is 1. The molecule has 0 radical (unpaired) electrons. The molecule has 11 heteroatoms. The first kappa shape index (κ1) is 23.6. The van der Waals surface area contributed by atoms with Crippen LogP contribution >= 0.6 is 11.3 Å². The Bertz CT molecular complexity index is 1040. The lowest BCUT2D eigenvalue weighted by atomic mass is 10.1. The number of hydrogen-bond donors (Lipinski definition) is 1. The van der Waals surface area contributed by atoms with Crippen LogP contribution in [0, 0.1) is 0 Å². The molecule has 2 aromatic carbocycles. The third kappa shape index (κ3) is 6.98. The van der Waals surface area contributed by atoms with Gasteiger partial charge in [0.25, 0.3) is 0 Å². The van der Waals surface area contributed by atoms with Crippen LogP contribution in [0.2, 0.25) is 0 Å². The maximum Gasteiger partial charge on any atom is 0.422 e. The Morgan fingerprint density at radius 2 is 1.62 bits per heavy atom. The van der Waals surface area contributed by atoms with Crippen molar-refractivity contribution in [3.8, 4) is 16.3 Å². The maximum atomic E-state index is 12.7. The Morgan fingerprint density at radius 3 is 2.22 bits per heavy atom. The first-order valence-corrected chi connectivity index (χ1v) is 10.0. The number of rotatable bonds is 7. The SMILES string of the molecule is O=C(Cc1csc(-c2ccc(C(F)(F)F)cc2)n1)NCc1ccc(OCC(F)(F)F)cc1. The number of nitrogens with zero attached hydrogens (tertiary/aromatic N) is 1. The molecule has 0 saturated carbocycles. The van der Waals surface area contributed by atoms with Gasteiger partial charge in [-0.3, -0.25) is 4.79 Å². The van der Waals surface area contributed by atoms with Crippen molar-refractivity contribution in [1.82, 2.24) is 10.3 Å². The fraction of sp³-hybridized carbons (Fsp3) is 0.238. The van der Waals surface area contributed by atoms with Crippen LogP contribution in [0.25, 0.3) is 10.6 Å². The molecule has 1 amide bonds. The summed E-state index contributed by atoms with van der Waals surface area (Å²) < 4.78 is 79.0. The van der Waals surface area contributed by atoms with Gasteiger partial charge in [0.1, 0.15) is 10.8 Å². The molecular weight excluding hydrogens is 458 g/mol. The molecule has 0 aliphatic rings. The van der Waals surface area contributed by atoms with Crippen LogP contribution in [0.3, 0.4) is 0 Å². The van der Waals surface area contributed by atoms with Crippen LogP contribution < -0.4 is 10.1 Å². The van der Waals surface area contributed by atoms with Crippen molar-refractivity contribution in [1.29, 1.82) is 0 Å². The van der Waals surface area contributed by atoms with Gasteiger partial charge < -0.3 is 10.1 Å². The summed E-state index contributed by atoms with van der Waals surface area (Å²) in [5.74, 6) is -0.262. The molecule has 0 unspecified atom stereocenters. The van der Waals surface area contributed by atoms with Gasteiger partial charge >= 0.3 is 12.4 Å². The molecule has 4 nitrogen and oxygen atoms in total. The summed E-state index contributed by atoms with van der Waals surface area (Å²) in [5, 5.41) is 4.82. The number of benzene rings is 2. The molecule has 3 rings (SSSR count). The smallest absolute Gasteiger partial charge is 0.422 e. The summed E-state index contributed by atoms with van der Waals surface area (Å²) in [5.41, 5.74) is 0.902. The molecule has 32 heavy (non-hydrogen) atoms. The molecular formula is C21H16F6N2O2S. The van der Waals surface area contributed by atoms with Crippen LogP contribution in [-0.2, 0) is 23.9 Å². The topological polar surface area (TPSA) is 51.2 Å². The standard InChI is InChI=1S/C21H16F6N2O2S/c22-20(23,24)12-31-17-7-1-13(2-8-17)10-28-18(30)9-16-11-32-19(29-16)14-3-5-15(6-4-14)21(25,26)27/h1-8,11H,9-10,12H2,(H,28,30). The summed E-state index contributed by atoms with van der Waals surface area (Å²) >= 11 is 1.21. The van der Waals surface area contributed by atoms with E-state index >= 15 is 0 Å². The van der Waals surface area contributed by atoms with Gasteiger partial charge in [-0.1, -0.05) is 24.3 Å². The summed E-state index contributed by atoms with van der Waals surface area (Å²) in [7, 11) is 0. The molecule has 0 saturated heterocycles. The number of alkyl halides is 6. The summed E-state index contributed by atoms with van der Waals surface area (Å²) in [4.78, 5) is 16.4. The molecule has 1 heterocycles. The maximum absolute atomic E-state index is 12.7.